The van der Waals surface area contributed by atoms with Gasteiger partial charge < -0.3 is 10.4 Å². The lowest BCUT2D eigenvalue weighted by atomic mass is 10.1. The van der Waals surface area contributed by atoms with Crippen molar-refractivity contribution in [3.05, 3.63) is 35.4 Å². The van der Waals surface area contributed by atoms with Crippen LogP contribution in [0.2, 0.25) is 0 Å². The summed E-state index contributed by atoms with van der Waals surface area (Å²) in [6.07, 6.45) is -4.71. The van der Waals surface area contributed by atoms with E-state index in [4.69, 9.17) is 5.11 Å². The Bertz CT molecular complexity index is 468. The molecule has 0 aliphatic carbocycles. The van der Waals surface area contributed by atoms with Gasteiger partial charge in [0, 0.05) is 11.6 Å². The van der Waals surface area contributed by atoms with Gasteiger partial charge in [-0.1, -0.05) is 0 Å². The molecule has 1 aromatic carbocycles. The van der Waals surface area contributed by atoms with E-state index in [1.165, 1.54) is 6.92 Å². The van der Waals surface area contributed by atoms with Crippen molar-refractivity contribution in [2.45, 2.75) is 25.6 Å². The van der Waals surface area contributed by atoms with Gasteiger partial charge in [-0.3, -0.25) is 9.59 Å². The number of aliphatic carboxylic acids is 1. The minimum Gasteiger partial charge on any atom is -0.481 e. The molecule has 2 N–H and O–H groups in total. The fourth-order valence-electron chi connectivity index (χ4n) is 1.43. The molecule has 0 aliphatic heterocycles. The first-order chi connectivity index (χ1) is 8.70. The standard InChI is InChI=1S/C12H12F3NO3/c1-7(6-10(17)18)16-11(19)8-2-4-9(5-3-8)12(13,14)15/h2-5,7H,6H2,1H3,(H,16,19)(H,17,18). The molecule has 4 nitrogen and oxygen atoms in total. The maximum absolute atomic E-state index is 12.3. The molecule has 0 aliphatic rings. The van der Waals surface area contributed by atoms with Gasteiger partial charge in [0.15, 0.2) is 0 Å². The Morgan fingerprint density at radius 2 is 1.79 bits per heavy atom. The van der Waals surface area contributed by atoms with Crippen LogP contribution in [0.3, 0.4) is 0 Å². The van der Waals surface area contributed by atoms with Crippen molar-refractivity contribution in [1.82, 2.24) is 5.32 Å². The van der Waals surface area contributed by atoms with Crippen LogP contribution < -0.4 is 5.32 Å². The van der Waals surface area contributed by atoms with E-state index in [0.717, 1.165) is 24.3 Å². The van der Waals surface area contributed by atoms with Crippen molar-refractivity contribution in [3.63, 3.8) is 0 Å². The van der Waals surface area contributed by atoms with Crippen LogP contribution in [0.1, 0.15) is 29.3 Å². The molecule has 0 heterocycles. The number of hydrogen-bond donors (Lipinski definition) is 2. The molecule has 1 aromatic rings. The third-order valence-corrected chi connectivity index (χ3v) is 2.33. The molecular weight excluding hydrogens is 263 g/mol. The molecule has 19 heavy (non-hydrogen) atoms. The number of halogens is 3. The van der Waals surface area contributed by atoms with E-state index in [0.29, 0.717) is 0 Å². The molecule has 0 saturated heterocycles. The van der Waals surface area contributed by atoms with Crippen molar-refractivity contribution in [3.8, 4) is 0 Å². The SMILES string of the molecule is CC(CC(=O)O)NC(=O)c1ccc(C(F)(F)F)cc1. The number of hydrogen-bond acceptors (Lipinski definition) is 2. The summed E-state index contributed by atoms with van der Waals surface area (Å²) in [4.78, 5) is 22.0. The lowest BCUT2D eigenvalue weighted by molar-refractivity contribution is -0.138. The van der Waals surface area contributed by atoms with Gasteiger partial charge >= 0.3 is 12.1 Å². The summed E-state index contributed by atoms with van der Waals surface area (Å²) >= 11 is 0. The highest BCUT2D eigenvalue weighted by molar-refractivity contribution is 5.94. The summed E-state index contributed by atoms with van der Waals surface area (Å²) in [5.41, 5.74) is -0.798. The molecule has 1 unspecified atom stereocenters. The predicted molar refractivity (Wildman–Crippen MR) is 60.6 cm³/mol. The van der Waals surface area contributed by atoms with Crippen molar-refractivity contribution in [1.29, 1.82) is 0 Å². The Kier molecular flexibility index (Phi) is 4.52. The predicted octanol–water partition coefficient (Wildman–Crippen LogP) is 2.30. The molecule has 7 heteroatoms. The van der Waals surface area contributed by atoms with E-state index >= 15 is 0 Å². The van der Waals surface area contributed by atoms with Crippen LogP contribution in [0.15, 0.2) is 24.3 Å². The zero-order chi connectivity index (χ0) is 14.6. The third-order valence-electron chi connectivity index (χ3n) is 2.33. The van der Waals surface area contributed by atoms with Gasteiger partial charge in [0.1, 0.15) is 0 Å². The molecule has 0 spiro atoms. The number of benzene rings is 1. The van der Waals surface area contributed by atoms with Crippen LogP contribution in [0.5, 0.6) is 0 Å². The maximum Gasteiger partial charge on any atom is 0.416 e. The smallest absolute Gasteiger partial charge is 0.416 e. The molecule has 0 saturated carbocycles. The zero-order valence-corrected chi connectivity index (χ0v) is 9.99. The van der Waals surface area contributed by atoms with Crippen LogP contribution in [0, 0.1) is 0 Å². The average Bonchev–Trinajstić information content (AvgIpc) is 2.26. The van der Waals surface area contributed by atoms with Crippen molar-refractivity contribution >= 4 is 11.9 Å². The van der Waals surface area contributed by atoms with Gasteiger partial charge in [-0.2, -0.15) is 13.2 Å². The fourth-order valence-corrected chi connectivity index (χ4v) is 1.43. The Morgan fingerprint density at radius 3 is 2.21 bits per heavy atom. The van der Waals surface area contributed by atoms with Gasteiger partial charge in [-0.05, 0) is 31.2 Å². The third kappa shape index (κ3) is 4.61. The number of carbonyl (C=O) groups excluding carboxylic acids is 1. The fraction of sp³-hybridized carbons (Fsp3) is 0.333. The van der Waals surface area contributed by atoms with Crippen LogP contribution in [0.4, 0.5) is 13.2 Å². The van der Waals surface area contributed by atoms with E-state index in [-0.39, 0.29) is 12.0 Å². The molecule has 1 atom stereocenters. The first kappa shape index (κ1) is 15.0. The van der Waals surface area contributed by atoms with E-state index in [9.17, 15) is 22.8 Å². The van der Waals surface area contributed by atoms with Gasteiger partial charge in [-0.15, -0.1) is 0 Å². The molecule has 1 amide bonds. The van der Waals surface area contributed by atoms with Crippen molar-refractivity contribution < 1.29 is 27.9 Å². The Morgan fingerprint density at radius 1 is 1.26 bits per heavy atom. The molecule has 0 aromatic heterocycles. The van der Waals surface area contributed by atoms with Gasteiger partial charge in [0.05, 0.1) is 12.0 Å². The number of nitrogens with one attached hydrogen (secondary N) is 1. The molecule has 0 fully saturated rings. The molecule has 0 bridgehead atoms. The monoisotopic (exact) mass is 275 g/mol. The second-order valence-corrected chi connectivity index (χ2v) is 4.05. The van der Waals surface area contributed by atoms with Crippen LogP contribution in [-0.2, 0) is 11.0 Å². The molecular formula is C12H12F3NO3. The average molecular weight is 275 g/mol. The summed E-state index contributed by atoms with van der Waals surface area (Å²) < 4.78 is 36.9. The summed E-state index contributed by atoms with van der Waals surface area (Å²) in [5.74, 6) is -1.68. The highest BCUT2D eigenvalue weighted by Gasteiger charge is 2.30. The van der Waals surface area contributed by atoms with Gasteiger partial charge in [0.25, 0.3) is 5.91 Å². The highest BCUT2D eigenvalue weighted by Crippen LogP contribution is 2.29. The second-order valence-electron chi connectivity index (χ2n) is 4.05. The number of carboxylic acids is 1. The van der Waals surface area contributed by atoms with Crippen LogP contribution >= 0.6 is 0 Å². The Balaban J connectivity index is 2.71. The minimum absolute atomic E-state index is 0.0465. The first-order valence-electron chi connectivity index (χ1n) is 5.40. The summed E-state index contributed by atoms with van der Waals surface area (Å²) in [6, 6.07) is 3.09. The van der Waals surface area contributed by atoms with Gasteiger partial charge in [0.2, 0.25) is 0 Å². The van der Waals surface area contributed by atoms with E-state index in [1.54, 1.807) is 0 Å². The van der Waals surface area contributed by atoms with Crippen molar-refractivity contribution in [2.75, 3.05) is 0 Å². The Labute approximate surface area is 107 Å². The van der Waals surface area contributed by atoms with Gasteiger partial charge in [-0.25, -0.2) is 0 Å². The minimum atomic E-state index is -4.45. The summed E-state index contributed by atoms with van der Waals surface area (Å²) in [7, 11) is 0. The lowest BCUT2D eigenvalue weighted by Gasteiger charge is -2.12. The van der Waals surface area contributed by atoms with E-state index < -0.39 is 29.7 Å². The second kappa shape index (κ2) is 5.73. The van der Waals surface area contributed by atoms with E-state index in [1.807, 2.05) is 0 Å². The van der Waals surface area contributed by atoms with Crippen LogP contribution in [0.25, 0.3) is 0 Å². The van der Waals surface area contributed by atoms with Crippen molar-refractivity contribution in [2.24, 2.45) is 0 Å². The number of alkyl halides is 3. The molecule has 0 radical (unpaired) electrons. The molecule has 1 rings (SSSR count). The number of carboxylic acid groups (broad SMARTS) is 1. The van der Waals surface area contributed by atoms with E-state index in [2.05, 4.69) is 5.32 Å². The largest absolute Gasteiger partial charge is 0.481 e. The summed E-state index contributed by atoms with van der Waals surface area (Å²) in [5, 5.41) is 10.9. The normalized spacial score (nSPS) is 12.8. The highest BCUT2D eigenvalue weighted by atomic mass is 19.4. The number of carbonyl (C=O) groups is 2. The molecule has 104 valence electrons. The topological polar surface area (TPSA) is 66.4 Å². The quantitative estimate of drug-likeness (QED) is 0.886. The summed E-state index contributed by atoms with van der Waals surface area (Å²) in [6.45, 7) is 1.50. The lowest BCUT2D eigenvalue weighted by Crippen LogP contribution is -2.34. The number of amides is 1. The zero-order valence-electron chi connectivity index (χ0n) is 9.99. The van der Waals surface area contributed by atoms with Crippen LogP contribution in [-0.4, -0.2) is 23.0 Å². The Hall–Kier alpha value is -2.05. The number of rotatable bonds is 4. The maximum atomic E-state index is 12.3. The first-order valence-corrected chi connectivity index (χ1v) is 5.40.